The lowest BCUT2D eigenvalue weighted by Crippen LogP contribution is -2.10. The van der Waals surface area contributed by atoms with E-state index in [2.05, 4.69) is 20.8 Å². The smallest absolute Gasteiger partial charge is 0.328 e. The minimum atomic E-state index is -0.905. The molecule has 0 amide bonds. The summed E-state index contributed by atoms with van der Waals surface area (Å²) in [5.74, 6) is -0.353. The number of carbonyl (C=O) groups is 1. The van der Waals surface area contributed by atoms with E-state index in [-0.39, 0.29) is 5.41 Å². The second-order valence-corrected chi connectivity index (χ2v) is 6.50. The van der Waals surface area contributed by atoms with Gasteiger partial charge in [-0.25, -0.2) is 9.78 Å². The minimum Gasteiger partial charge on any atom is -0.478 e. The SMILES string of the molecule is CC(C)(C)c1nc(C2CC2)c(/C=C/C(=O)O)s1. The average Bonchev–Trinajstić information content (AvgIpc) is 2.93. The number of thiazole rings is 1. The highest BCUT2D eigenvalue weighted by Crippen LogP contribution is 2.44. The van der Waals surface area contributed by atoms with Crippen molar-refractivity contribution >= 4 is 23.4 Å². The van der Waals surface area contributed by atoms with Gasteiger partial charge in [0.2, 0.25) is 0 Å². The van der Waals surface area contributed by atoms with Crippen LogP contribution in [0.3, 0.4) is 0 Å². The van der Waals surface area contributed by atoms with Crippen LogP contribution in [0.5, 0.6) is 0 Å². The minimum absolute atomic E-state index is 0.0314. The van der Waals surface area contributed by atoms with E-state index in [1.807, 2.05) is 0 Å². The van der Waals surface area contributed by atoms with Crippen molar-refractivity contribution in [2.75, 3.05) is 0 Å². The second-order valence-electron chi connectivity index (χ2n) is 5.46. The predicted molar refractivity (Wildman–Crippen MR) is 69.5 cm³/mol. The third-order valence-electron chi connectivity index (χ3n) is 2.66. The summed E-state index contributed by atoms with van der Waals surface area (Å²) in [7, 11) is 0. The molecule has 0 aliphatic heterocycles. The van der Waals surface area contributed by atoms with Crippen molar-refractivity contribution in [3.63, 3.8) is 0 Å². The van der Waals surface area contributed by atoms with Gasteiger partial charge in [-0.15, -0.1) is 11.3 Å². The molecule has 1 fully saturated rings. The Hall–Kier alpha value is -1.16. The van der Waals surface area contributed by atoms with Crippen molar-refractivity contribution in [2.24, 2.45) is 0 Å². The normalized spacial score (nSPS) is 16.6. The number of hydrogen-bond acceptors (Lipinski definition) is 3. The number of rotatable bonds is 3. The first-order chi connectivity index (χ1) is 7.88. The molecule has 0 unspecified atom stereocenters. The van der Waals surface area contributed by atoms with Crippen LogP contribution in [0.4, 0.5) is 0 Å². The quantitative estimate of drug-likeness (QED) is 0.837. The summed E-state index contributed by atoms with van der Waals surface area (Å²) in [4.78, 5) is 16.3. The van der Waals surface area contributed by atoms with E-state index >= 15 is 0 Å². The fourth-order valence-electron chi connectivity index (χ4n) is 1.58. The zero-order valence-corrected chi connectivity index (χ0v) is 11.2. The molecule has 17 heavy (non-hydrogen) atoms. The lowest BCUT2D eigenvalue weighted by molar-refractivity contribution is -0.131. The molecule has 1 saturated carbocycles. The molecular formula is C13H17NO2S. The van der Waals surface area contributed by atoms with Crippen LogP contribution in [0.1, 0.15) is 55.1 Å². The molecular weight excluding hydrogens is 234 g/mol. The Morgan fingerprint density at radius 2 is 2.12 bits per heavy atom. The average molecular weight is 251 g/mol. The molecule has 4 heteroatoms. The van der Waals surface area contributed by atoms with Gasteiger partial charge in [-0.2, -0.15) is 0 Å². The van der Waals surface area contributed by atoms with Crippen LogP contribution in [-0.2, 0) is 10.2 Å². The number of hydrogen-bond donors (Lipinski definition) is 1. The van der Waals surface area contributed by atoms with Crippen molar-refractivity contribution in [3.05, 3.63) is 21.7 Å². The summed E-state index contributed by atoms with van der Waals surface area (Å²) in [6.07, 6.45) is 5.25. The number of aliphatic carboxylic acids is 1. The molecule has 0 bridgehead atoms. The molecule has 1 aliphatic carbocycles. The first-order valence-electron chi connectivity index (χ1n) is 5.80. The van der Waals surface area contributed by atoms with Crippen molar-refractivity contribution in [2.45, 2.75) is 44.9 Å². The third-order valence-corrected chi connectivity index (χ3v) is 4.13. The van der Waals surface area contributed by atoms with Crippen molar-refractivity contribution in [1.82, 2.24) is 4.98 Å². The standard InChI is InChI=1S/C13H17NO2S/c1-13(2,3)12-14-11(8-4-5-8)9(17-12)6-7-10(15)16/h6-8H,4-5H2,1-3H3,(H,15,16)/b7-6+. The molecule has 1 heterocycles. The Bertz CT molecular complexity index is 464. The van der Waals surface area contributed by atoms with Crippen LogP contribution in [0.25, 0.3) is 6.08 Å². The summed E-state index contributed by atoms with van der Waals surface area (Å²) < 4.78 is 0. The Balaban J connectivity index is 2.35. The van der Waals surface area contributed by atoms with Crippen LogP contribution >= 0.6 is 11.3 Å². The van der Waals surface area contributed by atoms with Crippen LogP contribution < -0.4 is 0 Å². The summed E-state index contributed by atoms with van der Waals surface area (Å²) in [6, 6.07) is 0. The number of carboxylic acids is 1. The monoisotopic (exact) mass is 251 g/mol. The zero-order chi connectivity index (χ0) is 12.6. The van der Waals surface area contributed by atoms with E-state index in [1.165, 1.54) is 18.9 Å². The molecule has 1 N–H and O–H groups in total. The van der Waals surface area contributed by atoms with Crippen LogP contribution in [-0.4, -0.2) is 16.1 Å². The van der Waals surface area contributed by atoms with Gasteiger partial charge in [0.1, 0.15) is 0 Å². The Morgan fingerprint density at radius 1 is 1.47 bits per heavy atom. The number of aromatic nitrogens is 1. The maximum Gasteiger partial charge on any atom is 0.328 e. The largest absolute Gasteiger partial charge is 0.478 e. The highest BCUT2D eigenvalue weighted by atomic mass is 32.1. The van der Waals surface area contributed by atoms with E-state index in [0.29, 0.717) is 5.92 Å². The van der Waals surface area contributed by atoms with Crippen LogP contribution in [0, 0.1) is 0 Å². The number of nitrogens with zero attached hydrogens (tertiary/aromatic N) is 1. The van der Waals surface area contributed by atoms with Crippen molar-refractivity contribution in [3.8, 4) is 0 Å². The van der Waals surface area contributed by atoms with E-state index in [9.17, 15) is 4.79 Å². The van der Waals surface area contributed by atoms with Gasteiger partial charge in [-0.05, 0) is 18.9 Å². The van der Waals surface area contributed by atoms with Gasteiger partial charge >= 0.3 is 5.97 Å². The molecule has 0 radical (unpaired) electrons. The highest BCUT2D eigenvalue weighted by Gasteiger charge is 2.31. The summed E-state index contributed by atoms with van der Waals surface area (Å²) >= 11 is 1.62. The fourth-order valence-corrected chi connectivity index (χ4v) is 2.69. The first-order valence-corrected chi connectivity index (χ1v) is 6.62. The topological polar surface area (TPSA) is 50.2 Å². The molecule has 3 nitrogen and oxygen atoms in total. The fraction of sp³-hybridized carbons (Fsp3) is 0.538. The molecule has 0 saturated heterocycles. The maximum atomic E-state index is 10.6. The lowest BCUT2D eigenvalue weighted by atomic mass is 9.98. The van der Waals surface area contributed by atoms with Gasteiger partial charge in [-0.3, -0.25) is 0 Å². The molecule has 0 spiro atoms. The summed E-state index contributed by atoms with van der Waals surface area (Å²) in [5.41, 5.74) is 1.13. The van der Waals surface area contributed by atoms with Gasteiger partial charge in [0.15, 0.2) is 0 Å². The molecule has 0 aromatic carbocycles. The van der Waals surface area contributed by atoms with Gasteiger partial charge in [-0.1, -0.05) is 20.8 Å². The molecule has 1 aliphatic rings. The summed E-state index contributed by atoms with van der Waals surface area (Å²) in [6.45, 7) is 6.40. The lowest BCUT2D eigenvalue weighted by Gasteiger charge is -2.13. The van der Waals surface area contributed by atoms with Gasteiger partial charge in [0.25, 0.3) is 0 Å². The predicted octanol–water partition coefficient (Wildman–Crippen LogP) is 3.42. The van der Waals surface area contributed by atoms with E-state index in [1.54, 1.807) is 17.4 Å². The summed E-state index contributed by atoms with van der Waals surface area (Å²) in [5, 5.41) is 9.77. The first kappa shape index (κ1) is 12.3. The zero-order valence-electron chi connectivity index (χ0n) is 10.4. The maximum absolute atomic E-state index is 10.6. The van der Waals surface area contributed by atoms with Crippen molar-refractivity contribution in [1.29, 1.82) is 0 Å². The Kier molecular flexibility index (Phi) is 3.08. The van der Waals surface area contributed by atoms with E-state index < -0.39 is 5.97 Å². The Morgan fingerprint density at radius 3 is 2.59 bits per heavy atom. The van der Waals surface area contributed by atoms with E-state index in [0.717, 1.165) is 15.6 Å². The number of carboxylic acid groups (broad SMARTS) is 1. The second kappa shape index (κ2) is 4.26. The molecule has 0 atom stereocenters. The molecule has 1 aromatic rings. The Labute approximate surface area is 105 Å². The molecule has 1 aromatic heterocycles. The molecule has 92 valence electrons. The van der Waals surface area contributed by atoms with Crippen LogP contribution in [0.2, 0.25) is 0 Å². The van der Waals surface area contributed by atoms with Crippen LogP contribution in [0.15, 0.2) is 6.08 Å². The molecule has 2 rings (SSSR count). The van der Waals surface area contributed by atoms with Gasteiger partial charge in [0.05, 0.1) is 15.6 Å². The highest BCUT2D eigenvalue weighted by molar-refractivity contribution is 7.12. The van der Waals surface area contributed by atoms with Gasteiger partial charge < -0.3 is 5.11 Å². The van der Waals surface area contributed by atoms with E-state index in [4.69, 9.17) is 10.1 Å². The third kappa shape index (κ3) is 2.94. The van der Waals surface area contributed by atoms with Crippen molar-refractivity contribution < 1.29 is 9.90 Å². The van der Waals surface area contributed by atoms with Gasteiger partial charge in [0, 0.05) is 17.4 Å².